The van der Waals surface area contributed by atoms with Gasteiger partial charge in [0, 0.05) is 36.1 Å². The summed E-state index contributed by atoms with van der Waals surface area (Å²) in [5.41, 5.74) is 2.57. The summed E-state index contributed by atoms with van der Waals surface area (Å²) in [6.07, 6.45) is 1.56. The van der Waals surface area contributed by atoms with Gasteiger partial charge in [-0.05, 0) is 31.0 Å². The molecule has 1 saturated heterocycles. The second-order valence-corrected chi connectivity index (χ2v) is 6.63. The van der Waals surface area contributed by atoms with E-state index in [4.69, 9.17) is 0 Å². The van der Waals surface area contributed by atoms with Gasteiger partial charge in [-0.25, -0.2) is 4.98 Å². The molecule has 5 nitrogen and oxygen atoms in total. The molecule has 2 amide bonds. The molecule has 0 aliphatic carbocycles. The van der Waals surface area contributed by atoms with E-state index in [0.29, 0.717) is 25.1 Å². The van der Waals surface area contributed by atoms with Crippen LogP contribution in [0.5, 0.6) is 0 Å². The van der Waals surface area contributed by atoms with Gasteiger partial charge in [0.25, 0.3) is 5.91 Å². The number of aromatic nitrogens is 1. The van der Waals surface area contributed by atoms with Gasteiger partial charge >= 0.3 is 0 Å². The summed E-state index contributed by atoms with van der Waals surface area (Å²) in [6, 6.07) is 7.46. The van der Waals surface area contributed by atoms with E-state index in [2.05, 4.69) is 10.3 Å². The maximum absolute atomic E-state index is 12.3. The first-order chi connectivity index (χ1) is 11.1. The van der Waals surface area contributed by atoms with Gasteiger partial charge in [0.15, 0.2) is 0 Å². The summed E-state index contributed by atoms with van der Waals surface area (Å²) in [5.74, 6) is 0.0754. The van der Waals surface area contributed by atoms with Crippen LogP contribution in [-0.4, -0.2) is 28.2 Å². The van der Waals surface area contributed by atoms with Crippen molar-refractivity contribution in [2.24, 2.45) is 0 Å². The van der Waals surface area contributed by atoms with Crippen molar-refractivity contribution in [3.63, 3.8) is 0 Å². The molecule has 0 atom stereocenters. The smallest absolute Gasteiger partial charge is 0.251 e. The molecule has 1 aromatic carbocycles. The molecule has 0 bridgehead atoms. The van der Waals surface area contributed by atoms with Crippen LogP contribution in [0.4, 0.5) is 0 Å². The van der Waals surface area contributed by atoms with Crippen molar-refractivity contribution in [2.45, 2.75) is 32.9 Å². The van der Waals surface area contributed by atoms with Gasteiger partial charge in [-0.3, -0.25) is 9.59 Å². The zero-order valence-corrected chi connectivity index (χ0v) is 13.9. The zero-order valence-electron chi connectivity index (χ0n) is 13.0. The number of hydrogen-bond donors (Lipinski definition) is 1. The molecule has 3 rings (SSSR count). The Morgan fingerprint density at radius 3 is 3.00 bits per heavy atom. The predicted molar refractivity (Wildman–Crippen MR) is 89.1 cm³/mol. The van der Waals surface area contributed by atoms with Crippen molar-refractivity contribution >= 4 is 23.2 Å². The van der Waals surface area contributed by atoms with E-state index in [-0.39, 0.29) is 11.8 Å². The Kier molecular flexibility index (Phi) is 4.71. The third-order valence-electron chi connectivity index (χ3n) is 3.80. The Labute approximate surface area is 139 Å². The number of carbonyl (C=O) groups excluding carboxylic acids is 2. The van der Waals surface area contributed by atoms with E-state index in [1.807, 2.05) is 35.4 Å². The van der Waals surface area contributed by atoms with Crippen molar-refractivity contribution in [3.8, 4) is 0 Å². The molecule has 1 N–H and O–H groups in total. The van der Waals surface area contributed by atoms with Gasteiger partial charge in [0.05, 0.1) is 6.54 Å². The molecule has 0 unspecified atom stereocenters. The molecule has 0 saturated carbocycles. The van der Waals surface area contributed by atoms with Gasteiger partial charge in [0.1, 0.15) is 5.01 Å². The van der Waals surface area contributed by atoms with Gasteiger partial charge in [0.2, 0.25) is 5.91 Å². The number of benzene rings is 1. The number of nitrogens with one attached hydrogen (secondary N) is 1. The van der Waals surface area contributed by atoms with Crippen molar-refractivity contribution in [1.82, 2.24) is 15.2 Å². The lowest BCUT2D eigenvalue weighted by atomic mass is 10.1. The Morgan fingerprint density at radius 2 is 2.30 bits per heavy atom. The zero-order chi connectivity index (χ0) is 16.2. The highest BCUT2D eigenvalue weighted by Crippen LogP contribution is 2.15. The topological polar surface area (TPSA) is 62.3 Å². The minimum Gasteiger partial charge on any atom is -0.346 e. The fourth-order valence-corrected chi connectivity index (χ4v) is 3.36. The van der Waals surface area contributed by atoms with Gasteiger partial charge in [-0.15, -0.1) is 11.3 Å². The Hall–Kier alpha value is -2.21. The normalized spacial score (nSPS) is 14.3. The SMILES string of the molecule is Cc1csc(CNC(=O)c2cccc(CN3CCCC3=O)c2)n1. The van der Waals surface area contributed by atoms with Crippen LogP contribution in [0.1, 0.15) is 39.5 Å². The third-order valence-corrected chi connectivity index (χ3v) is 4.77. The Balaban J connectivity index is 1.61. The van der Waals surface area contributed by atoms with Gasteiger partial charge in [-0.1, -0.05) is 12.1 Å². The van der Waals surface area contributed by atoms with Gasteiger partial charge < -0.3 is 10.2 Å². The van der Waals surface area contributed by atoms with Crippen molar-refractivity contribution in [3.05, 3.63) is 51.5 Å². The van der Waals surface area contributed by atoms with E-state index in [0.717, 1.165) is 29.2 Å². The summed E-state index contributed by atoms with van der Waals surface area (Å²) < 4.78 is 0. The number of thiazole rings is 1. The van der Waals surface area contributed by atoms with Crippen LogP contribution in [0.2, 0.25) is 0 Å². The highest BCUT2D eigenvalue weighted by Gasteiger charge is 2.20. The second-order valence-electron chi connectivity index (χ2n) is 5.68. The van der Waals surface area contributed by atoms with E-state index in [1.165, 1.54) is 0 Å². The number of nitrogens with zero attached hydrogens (tertiary/aromatic N) is 2. The van der Waals surface area contributed by atoms with Crippen LogP contribution in [0, 0.1) is 6.92 Å². The Bertz CT molecular complexity index is 726. The molecular weight excluding hydrogens is 310 g/mol. The number of rotatable bonds is 5. The molecule has 2 heterocycles. The molecule has 6 heteroatoms. The van der Waals surface area contributed by atoms with E-state index < -0.39 is 0 Å². The van der Waals surface area contributed by atoms with Crippen LogP contribution in [-0.2, 0) is 17.9 Å². The van der Waals surface area contributed by atoms with Gasteiger partial charge in [-0.2, -0.15) is 0 Å². The molecule has 120 valence electrons. The fourth-order valence-electron chi connectivity index (χ4n) is 2.64. The average Bonchev–Trinajstić information content (AvgIpc) is 3.14. The minimum absolute atomic E-state index is 0.118. The number of carbonyl (C=O) groups is 2. The number of hydrogen-bond acceptors (Lipinski definition) is 4. The largest absolute Gasteiger partial charge is 0.346 e. The Morgan fingerprint density at radius 1 is 1.43 bits per heavy atom. The van der Waals surface area contributed by atoms with Crippen LogP contribution < -0.4 is 5.32 Å². The third kappa shape index (κ3) is 3.96. The minimum atomic E-state index is -0.118. The lowest BCUT2D eigenvalue weighted by Gasteiger charge is -2.15. The standard InChI is InChI=1S/C17H19N3O2S/c1-12-11-23-15(19-12)9-18-17(22)14-5-2-4-13(8-14)10-20-7-3-6-16(20)21/h2,4-5,8,11H,3,6-7,9-10H2,1H3,(H,18,22). The maximum Gasteiger partial charge on any atom is 0.251 e. The fraction of sp³-hybridized carbons (Fsp3) is 0.353. The van der Waals surface area contributed by atoms with E-state index in [9.17, 15) is 9.59 Å². The predicted octanol–water partition coefficient (Wildman–Crippen LogP) is 2.50. The molecule has 1 aliphatic rings. The molecule has 1 aliphatic heterocycles. The molecule has 0 radical (unpaired) electrons. The molecule has 23 heavy (non-hydrogen) atoms. The monoisotopic (exact) mass is 329 g/mol. The summed E-state index contributed by atoms with van der Waals surface area (Å²) >= 11 is 1.54. The van der Waals surface area contributed by atoms with Crippen LogP contribution in [0.3, 0.4) is 0 Å². The lowest BCUT2D eigenvalue weighted by molar-refractivity contribution is -0.128. The van der Waals surface area contributed by atoms with Crippen molar-refractivity contribution in [1.29, 1.82) is 0 Å². The van der Waals surface area contributed by atoms with E-state index in [1.54, 1.807) is 17.4 Å². The number of aryl methyl sites for hydroxylation is 1. The molecule has 1 aromatic heterocycles. The molecule has 0 spiro atoms. The van der Waals surface area contributed by atoms with Crippen molar-refractivity contribution in [2.75, 3.05) is 6.54 Å². The highest BCUT2D eigenvalue weighted by atomic mass is 32.1. The second kappa shape index (κ2) is 6.91. The molecule has 2 aromatic rings. The lowest BCUT2D eigenvalue weighted by Crippen LogP contribution is -2.25. The van der Waals surface area contributed by atoms with Crippen LogP contribution in [0.25, 0.3) is 0 Å². The summed E-state index contributed by atoms with van der Waals surface area (Å²) in [6.45, 7) is 3.75. The summed E-state index contributed by atoms with van der Waals surface area (Å²) in [4.78, 5) is 30.1. The number of likely N-dealkylation sites (tertiary alicyclic amines) is 1. The maximum atomic E-state index is 12.3. The first-order valence-corrected chi connectivity index (χ1v) is 8.56. The van der Waals surface area contributed by atoms with Crippen molar-refractivity contribution < 1.29 is 9.59 Å². The highest BCUT2D eigenvalue weighted by molar-refractivity contribution is 7.09. The first kappa shape index (κ1) is 15.7. The molecule has 1 fully saturated rings. The number of amides is 2. The van der Waals surface area contributed by atoms with Crippen LogP contribution >= 0.6 is 11.3 Å². The van der Waals surface area contributed by atoms with Crippen LogP contribution in [0.15, 0.2) is 29.6 Å². The molecular formula is C17H19N3O2S. The summed E-state index contributed by atoms with van der Waals surface area (Å²) in [5, 5.41) is 5.75. The summed E-state index contributed by atoms with van der Waals surface area (Å²) in [7, 11) is 0. The first-order valence-electron chi connectivity index (χ1n) is 7.68. The van der Waals surface area contributed by atoms with E-state index >= 15 is 0 Å². The quantitative estimate of drug-likeness (QED) is 0.917. The average molecular weight is 329 g/mol.